The number of ether oxygens (including phenoxy) is 3. The van der Waals surface area contributed by atoms with Crippen molar-refractivity contribution in [1.29, 1.82) is 0 Å². The highest BCUT2D eigenvalue weighted by molar-refractivity contribution is 6.30. The first-order valence-corrected chi connectivity index (χ1v) is 6.76. The molecule has 0 atom stereocenters. The Labute approximate surface area is 132 Å². The maximum atomic E-state index is 14.7. The highest BCUT2D eigenvalue weighted by Gasteiger charge is 2.17. The van der Waals surface area contributed by atoms with Gasteiger partial charge in [-0.25, -0.2) is 9.18 Å². The van der Waals surface area contributed by atoms with E-state index in [-0.39, 0.29) is 17.7 Å². The Morgan fingerprint density at radius 2 is 2.00 bits per heavy atom. The van der Waals surface area contributed by atoms with E-state index in [0.717, 1.165) is 0 Å². The fraction of sp³-hybridized carbons (Fsp3) is 0.188. The second kappa shape index (κ2) is 7.13. The Kier molecular flexibility index (Phi) is 5.22. The maximum Gasteiger partial charge on any atom is 0.508 e. The second-order valence-corrected chi connectivity index (χ2v) is 4.81. The molecule has 116 valence electrons. The van der Waals surface area contributed by atoms with Crippen molar-refractivity contribution in [2.75, 3.05) is 14.2 Å². The molecule has 2 rings (SSSR count). The van der Waals surface area contributed by atoms with Crippen LogP contribution in [0, 0.1) is 5.82 Å². The highest BCUT2D eigenvalue weighted by atomic mass is 35.5. The molecule has 0 aliphatic rings. The van der Waals surface area contributed by atoms with E-state index in [9.17, 15) is 9.18 Å². The lowest BCUT2D eigenvalue weighted by Gasteiger charge is -2.13. The topological polar surface area (TPSA) is 44.8 Å². The van der Waals surface area contributed by atoms with Gasteiger partial charge in [0.1, 0.15) is 18.2 Å². The summed E-state index contributed by atoms with van der Waals surface area (Å²) in [6.07, 6.45) is -0.875. The van der Waals surface area contributed by atoms with Gasteiger partial charge in [0.2, 0.25) is 0 Å². The van der Waals surface area contributed by atoms with E-state index in [2.05, 4.69) is 4.74 Å². The zero-order chi connectivity index (χ0) is 16.1. The molecule has 0 N–H and O–H groups in total. The Balaban J connectivity index is 2.44. The summed E-state index contributed by atoms with van der Waals surface area (Å²) in [6.45, 7) is -0.240. The average Bonchev–Trinajstić information content (AvgIpc) is 2.52. The Morgan fingerprint density at radius 1 is 1.23 bits per heavy atom. The van der Waals surface area contributed by atoms with E-state index in [1.54, 1.807) is 30.3 Å². The summed E-state index contributed by atoms with van der Waals surface area (Å²) in [6, 6.07) is 9.86. The SMILES string of the molecule is COC(=O)OCc1ccc(OC)c(-c2cccc(Cl)c2)c1F. The normalized spacial score (nSPS) is 10.2. The number of hydrogen-bond donors (Lipinski definition) is 0. The van der Waals surface area contributed by atoms with Gasteiger partial charge in [0.05, 0.1) is 19.8 Å². The van der Waals surface area contributed by atoms with Crippen LogP contribution in [0.3, 0.4) is 0 Å². The lowest BCUT2D eigenvalue weighted by Crippen LogP contribution is -2.06. The van der Waals surface area contributed by atoms with Gasteiger partial charge in [0.15, 0.2) is 0 Å². The minimum Gasteiger partial charge on any atom is -0.496 e. The molecule has 0 aromatic heterocycles. The molecule has 0 amide bonds. The molecule has 0 spiro atoms. The van der Waals surface area contributed by atoms with Crippen LogP contribution in [0.5, 0.6) is 5.75 Å². The van der Waals surface area contributed by atoms with Crippen molar-refractivity contribution in [3.8, 4) is 16.9 Å². The predicted octanol–water partition coefficient (Wildman–Crippen LogP) is 4.44. The second-order valence-electron chi connectivity index (χ2n) is 4.37. The lowest BCUT2D eigenvalue weighted by atomic mass is 10.0. The number of carbonyl (C=O) groups excluding carboxylic acids is 1. The first kappa shape index (κ1) is 16.1. The van der Waals surface area contributed by atoms with Crippen molar-refractivity contribution >= 4 is 17.8 Å². The predicted molar refractivity (Wildman–Crippen MR) is 80.6 cm³/mol. The summed E-state index contributed by atoms with van der Waals surface area (Å²) in [4.78, 5) is 11.0. The monoisotopic (exact) mass is 324 g/mol. The van der Waals surface area contributed by atoms with Crippen LogP contribution in [-0.4, -0.2) is 20.4 Å². The molecule has 0 aliphatic heterocycles. The van der Waals surface area contributed by atoms with Gasteiger partial charge in [-0.2, -0.15) is 0 Å². The van der Waals surface area contributed by atoms with Crippen LogP contribution in [0.25, 0.3) is 11.1 Å². The van der Waals surface area contributed by atoms with Crippen LogP contribution >= 0.6 is 11.6 Å². The summed E-state index contributed by atoms with van der Waals surface area (Å²) in [5.41, 5.74) is 1.04. The molecule has 2 aromatic rings. The summed E-state index contributed by atoms with van der Waals surface area (Å²) in [5, 5.41) is 0.482. The number of carbonyl (C=O) groups is 1. The standard InChI is InChI=1S/C16H14ClFO4/c1-20-13-7-6-11(9-22-16(19)21-2)15(18)14(13)10-4-3-5-12(17)8-10/h3-8H,9H2,1-2H3. The molecular formula is C16H14ClFO4. The molecule has 0 radical (unpaired) electrons. The van der Waals surface area contributed by atoms with Crippen LogP contribution in [0.1, 0.15) is 5.56 Å². The zero-order valence-electron chi connectivity index (χ0n) is 12.1. The Hall–Kier alpha value is -2.27. The first-order valence-electron chi connectivity index (χ1n) is 6.39. The molecule has 0 fully saturated rings. The molecule has 4 nitrogen and oxygen atoms in total. The minimum atomic E-state index is -0.875. The fourth-order valence-electron chi connectivity index (χ4n) is 1.99. The van der Waals surface area contributed by atoms with Gasteiger partial charge in [0, 0.05) is 10.6 Å². The van der Waals surface area contributed by atoms with Gasteiger partial charge in [0.25, 0.3) is 0 Å². The summed E-state index contributed by atoms with van der Waals surface area (Å²) in [5.74, 6) is -0.174. The molecule has 0 bridgehead atoms. The van der Waals surface area contributed by atoms with E-state index in [1.807, 2.05) is 0 Å². The van der Waals surface area contributed by atoms with Crippen molar-refractivity contribution in [1.82, 2.24) is 0 Å². The molecular weight excluding hydrogens is 311 g/mol. The van der Waals surface area contributed by atoms with Gasteiger partial charge < -0.3 is 14.2 Å². The number of benzene rings is 2. The van der Waals surface area contributed by atoms with E-state index in [1.165, 1.54) is 20.3 Å². The quantitative estimate of drug-likeness (QED) is 0.780. The molecule has 0 saturated carbocycles. The molecule has 0 saturated heterocycles. The van der Waals surface area contributed by atoms with Gasteiger partial charge in [-0.3, -0.25) is 0 Å². The van der Waals surface area contributed by atoms with E-state index in [0.29, 0.717) is 16.3 Å². The molecule has 6 heteroatoms. The van der Waals surface area contributed by atoms with Crippen LogP contribution in [0.15, 0.2) is 36.4 Å². The zero-order valence-corrected chi connectivity index (χ0v) is 12.8. The van der Waals surface area contributed by atoms with E-state index in [4.69, 9.17) is 21.1 Å². The van der Waals surface area contributed by atoms with Gasteiger partial charge in [-0.1, -0.05) is 23.7 Å². The fourth-order valence-corrected chi connectivity index (χ4v) is 2.18. The van der Waals surface area contributed by atoms with Crippen molar-refractivity contribution < 1.29 is 23.4 Å². The van der Waals surface area contributed by atoms with Crippen molar-refractivity contribution in [2.24, 2.45) is 0 Å². The first-order chi connectivity index (χ1) is 10.6. The lowest BCUT2D eigenvalue weighted by molar-refractivity contribution is 0.0661. The average molecular weight is 325 g/mol. The van der Waals surface area contributed by atoms with E-state index >= 15 is 0 Å². The van der Waals surface area contributed by atoms with Gasteiger partial charge in [-0.05, 0) is 29.8 Å². The number of halogens is 2. The summed E-state index contributed by atoms with van der Waals surface area (Å²) < 4.78 is 29.1. The molecule has 22 heavy (non-hydrogen) atoms. The van der Waals surface area contributed by atoms with Crippen LogP contribution in [0.2, 0.25) is 5.02 Å². The number of rotatable bonds is 4. The molecule has 0 aliphatic carbocycles. The number of methoxy groups -OCH3 is 2. The van der Waals surface area contributed by atoms with Crippen LogP contribution in [0.4, 0.5) is 9.18 Å². The third-order valence-corrected chi connectivity index (χ3v) is 3.26. The third kappa shape index (κ3) is 3.49. The van der Waals surface area contributed by atoms with Crippen molar-refractivity contribution in [2.45, 2.75) is 6.61 Å². The molecule has 0 unspecified atom stereocenters. The Morgan fingerprint density at radius 3 is 2.64 bits per heavy atom. The molecule has 2 aromatic carbocycles. The third-order valence-electron chi connectivity index (χ3n) is 3.03. The summed E-state index contributed by atoms with van der Waals surface area (Å²) in [7, 11) is 2.64. The number of hydrogen-bond acceptors (Lipinski definition) is 4. The van der Waals surface area contributed by atoms with Crippen molar-refractivity contribution in [3.05, 3.63) is 52.8 Å². The highest BCUT2D eigenvalue weighted by Crippen LogP contribution is 2.35. The van der Waals surface area contributed by atoms with Gasteiger partial charge >= 0.3 is 6.16 Å². The van der Waals surface area contributed by atoms with E-state index < -0.39 is 12.0 Å². The largest absolute Gasteiger partial charge is 0.508 e. The van der Waals surface area contributed by atoms with Gasteiger partial charge in [-0.15, -0.1) is 0 Å². The smallest absolute Gasteiger partial charge is 0.496 e. The minimum absolute atomic E-state index is 0.209. The maximum absolute atomic E-state index is 14.7. The molecule has 0 heterocycles. The van der Waals surface area contributed by atoms with Crippen LogP contribution in [-0.2, 0) is 16.1 Å². The summed E-state index contributed by atoms with van der Waals surface area (Å²) >= 11 is 5.95. The Bertz CT molecular complexity index is 688. The van der Waals surface area contributed by atoms with Crippen LogP contribution < -0.4 is 4.74 Å². The van der Waals surface area contributed by atoms with Crippen molar-refractivity contribution in [3.63, 3.8) is 0 Å².